The highest BCUT2D eigenvalue weighted by Crippen LogP contribution is 2.55. The van der Waals surface area contributed by atoms with Gasteiger partial charge in [0.05, 0.1) is 6.10 Å². The predicted octanol–water partition coefficient (Wildman–Crippen LogP) is 8.95. The van der Waals surface area contributed by atoms with Crippen LogP contribution in [-0.2, 0) is 4.43 Å². The van der Waals surface area contributed by atoms with Gasteiger partial charge in [-0.2, -0.15) is 0 Å². The van der Waals surface area contributed by atoms with Crippen LogP contribution in [0.1, 0.15) is 79.7 Å². The van der Waals surface area contributed by atoms with Crippen LogP contribution >= 0.6 is 0 Å². The van der Waals surface area contributed by atoms with E-state index in [9.17, 15) is 0 Å². The highest BCUT2D eigenvalue weighted by molar-refractivity contribution is 6.76. The lowest BCUT2D eigenvalue weighted by Crippen LogP contribution is -2.53. The van der Waals surface area contributed by atoms with Crippen LogP contribution < -0.4 is 0 Å². The van der Waals surface area contributed by atoms with Gasteiger partial charge in [0.1, 0.15) is 0 Å². The van der Waals surface area contributed by atoms with E-state index in [-0.39, 0.29) is 6.10 Å². The fraction of sp³-hybridized carbons (Fsp3) is 0.586. The van der Waals surface area contributed by atoms with Crippen molar-refractivity contribution in [1.82, 2.24) is 0 Å². The maximum absolute atomic E-state index is 7.33. The minimum absolute atomic E-state index is 0.256. The second-order valence-corrected chi connectivity index (χ2v) is 15.8. The molecule has 3 unspecified atom stereocenters. The summed E-state index contributed by atoms with van der Waals surface area (Å²) in [6, 6.07) is 12.2. The summed E-state index contributed by atoms with van der Waals surface area (Å²) in [6.07, 6.45) is 7.32. The van der Waals surface area contributed by atoms with E-state index in [1.165, 1.54) is 41.2 Å². The first kappa shape index (κ1) is 24.3. The lowest BCUT2D eigenvalue weighted by Gasteiger charge is -2.49. The Morgan fingerprint density at radius 3 is 2.32 bits per heavy atom. The SMILES string of the molecule is C=C1CC2C[Si](C(C)C)(C(C)C)OC(CC(C)CCC=C(C)C)C2=C1c1ccccc1. The van der Waals surface area contributed by atoms with Crippen LogP contribution in [-0.4, -0.2) is 14.4 Å². The molecule has 1 heterocycles. The highest BCUT2D eigenvalue weighted by atomic mass is 28.4. The van der Waals surface area contributed by atoms with E-state index in [1.54, 1.807) is 5.57 Å². The third kappa shape index (κ3) is 5.17. The van der Waals surface area contributed by atoms with Gasteiger partial charge < -0.3 is 4.43 Å². The minimum Gasteiger partial charge on any atom is -0.410 e. The van der Waals surface area contributed by atoms with Gasteiger partial charge in [0.2, 0.25) is 0 Å². The van der Waals surface area contributed by atoms with Gasteiger partial charge in [-0.05, 0) is 90.8 Å². The van der Waals surface area contributed by atoms with Gasteiger partial charge in [0.15, 0.2) is 8.32 Å². The van der Waals surface area contributed by atoms with Crippen molar-refractivity contribution in [3.05, 3.63) is 65.3 Å². The average Bonchev–Trinajstić information content (AvgIpc) is 3.03. The summed E-state index contributed by atoms with van der Waals surface area (Å²) in [5.41, 5.74) is 8.37. The van der Waals surface area contributed by atoms with Crippen LogP contribution in [0.25, 0.3) is 5.57 Å². The number of hydrogen-bond donors (Lipinski definition) is 0. The summed E-state index contributed by atoms with van der Waals surface area (Å²) < 4.78 is 7.33. The third-order valence-electron chi connectivity index (χ3n) is 7.69. The Morgan fingerprint density at radius 2 is 1.74 bits per heavy atom. The molecule has 0 amide bonds. The summed E-state index contributed by atoms with van der Waals surface area (Å²) >= 11 is 0. The number of allylic oxidation sites excluding steroid dienone is 4. The van der Waals surface area contributed by atoms with Crippen LogP contribution in [0.15, 0.2) is 59.7 Å². The van der Waals surface area contributed by atoms with E-state index in [4.69, 9.17) is 4.43 Å². The Kier molecular flexibility index (Phi) is 7.86. The van der Waals surface area contributed by atoms with Crippen molar-refractivity contribution >= 4 is 13.9 Å². The minimum atomic E-state index is -1.85. The van der Waals surface area contributed by atoms with Crippen molar-refractivity contribution in [1.29, 1.82) is 0 Å². The molecule has 0 spiro atoms. The molecule has 1 aliphatic heterocycles. The standard InChI is InChI=1S/C29H44OSi/c1-20(2)13-12-14-23(7)17-27-29-26(19-31(30-27,21(3)4)22(5)6)18-24(8)28(29)25-15-10-9-11-16-25/h9-11,13,15-16,21-23,26-27H,8,12,14,17-19H2,1-7H3. The molecule has 2 heteroatoms. The molecular weight excluding hydrogens is 392 g/mol. The molecule has 3 rings (SSSR count). The van der Waals surface area contributed by atoms with Gasteiger partial charge in [0, 0.05) is 0 Å². The Hall–Kier alpha value is -1.38. The predicted molar refractivity (Wildman–Crippen MR) is 139 cm³/mol. The number of benzene rings is 1. The molecule has 1 fully saturated rings. The molecule has 1 aromatic rings. The van der Waals surface area contributed by atoms with Crippen LogP contribution in [0.4, 0.5) is 0 Å². The van der Waals surface area contributed by atoms with Gasteiger partial charge in [-0.3, -0.25) is 0 Å². The normalized spacial score (nSPS) is 24.0. The summed E-state index contributed by atoms with van der Waals surface area (Å²) in [4.78, 5) is 0. The van der Waals surface area contributed by atoms with Crippen molar-refractivity contribution in [2.45, 2.75) is 97.4 Å². The molecule has 1 nitrogen and oxygen atoms in total. The summed E-state index contributed by atoms with van der Waals surface area (Å²) in [5.74, 6) is 1.28. The van der Waals surface area contributed by atoms with Gasteiger partial charge in [-0.15, -0.1) is 0 Å². The van der Waals surface area contributed by atoms with E-state index >= 15 is 0 Å². The van der Waals surface area contributed by atoms with Gasteiger partial charge in [0.25, 0.3) is 0 Å². The van der Waals surface area contributed by atoms with E-state index in [1.807, 2.05) is 0 Å². The first-order valence-corrected chi connectivity index (χ1v) is 14.7. The molecule has 1 saturated heterocycles. The lowest BCUT2D eigenvalue weighted by atomic mass is 9.87. The van der Waals surface area contributed by atoms with E-state index in [0.717, 1.165) is 12.8 Å². The Balaban J connectivity index is 1.99. The van der Waals surface area contributed by atoms with Crippen molar-refractivity contribution in [2.24, 2.45) is 11.8 Å². The Morgan fingerprint density at radius 1 is 1.10 bits per heavy atom. The molecule has 0 N–H and O–H groups in total. The molecule has 2 aliphatic rings. The number of rotatable bonds is 8. The smallest absolute Gasteiger partial charge is 0.199 e. The molecule has 0 bridgehead atoms. The molecule has 0 radical (unpaired) electrons. The first-order chi connectivity index (χ1) is 14.7. The largest absolute Gasteiger partial charge is 0.410 e. The Bertz CT molecular complexity index is 818. The third-order valence-corrected chi connectivity index (χ3v) is 13.5. The van der Waals surface area contributed by atoms with Gasteiger partial charge >= 0.3 is 0 Å². The highest BCUT2D eigenvalue weighted by Gasteiger charge is 2.52. The maximum atomic E-state index is 7.33. The van der Waals surface area contributed by atoms with Crippen molar-refractivity contribution in [2.75, 3.05) is 0 Å². The molecule has 1 aliphatic carbocycles. The molecule has 31 heavy (non-hydrogen) atoms. The second-order valence-electron chi connectivity index (χ2n) is 11.0. The molecular formula is C29H44OSi. The summed E-state index contributed by atoms with van der Waals surface area (Å²) in [5, 5.41) is 0. The van der Waals surface area contributed by atoms with Gasteiger partial charge in [-0.1, -0.05) is 83.2 Å². The van der Waals surface area contributed by atoms with Crippen LogP contribution in [0.3, 0.4) is 0 Å². The molecule has 3 atom stereocenters. The number of fused-ring (bicyclic) bond motifs is 1. The maximum Gasteiger partial charge on any atom is 0.199 e. The molecule has 170 valence electrons. The number of hydrogen-bond acceptors (Lipinski definition) is 1. The zero-order valence-corrected chi connectivity index (χ0v) is 22.0. The fourth-order valence-corrected chi connectivity index (χ4v) is 10.8. The Labute approximate surface area is 192 Å². The van der Waals surface area contributed by atoms with E-state index in [2.05, 4.69) is 91.5 Å². The van der Waals surface area contributed by atoms with Gasteiger partial charge in [-0.25, -0.2) is 0 Å². The van der Waals surface area contributed by atoms with Crippen molar-refractivity contribution in [3.8, 4) is 0 Å². The summed E-state index contributed by atoms with van der Waals surface area (Å²) in [7, 11) is -1.85. The first-order valence-electron chi connectivity index (χ1n) is 12.4. The monoisotopic (exact) mass is 436 g/mol. The zero-order valence-electron chi connectivity index (χ0n) is 21.0. The average molecular weight is 437 g/mol. The molecule has 0 aromatic heterocycles. The fourth-order valence-electron chi connectivity index (χ4n) is 5.99. The lowest BCUT2D eigenvalue weighted by molar-refractivity contribution is 0.151. The van der Waals surface area contributed by atoms with Crippen LogP contribution in [0.2, 0.25) is 17.1 Å². The second kappa shape index (κ2) is 10.0. The van der Waals surface area contributed by atoms with Crippen LogP contribution in [0, 0.1) is 11.8 Å². The van der Waals surface area contributed by atoms with E-state index in [0.29, 0.717) is 22.9 Å². The zero-order chi connectivity index (χ0) is 22.8. The van der Waals surface area contributed by atoms with Crippen molar-refractivity contribution < 1.29 is 4.43 Å². The van der Waals surface area contributed by atoms with Crippen LogP contribution in [0.5, 0.6) is 0 Å². The molecule has 0 saturated carbocycles. The van der Waals surface area contributed by atoms with Crippen molar-refractivity contribution in [3.63, 3.8) is 0 Å². The molecule has 1 aromatic carbocycles. The topological polar surface area (TPSA) is 9.23 Å². The summed E-state index contributed by atoms with van der Waals surface area (Å²) in [6.45, 7) is 21.0. The quantitative estimate of drug-likeness (QED) is 0.292. The van der Waals surface area contributed by atoms with E-state index < -0.39 is 8.32 Å².